The molecule has 0 aromatic rings. The zero-order valence-electron chi connectivity index (χ0n) is 14.6. The molecule has 4 aliphatic heterocycles. The molecule has 0 N–H and O–H groups in total. The van der Waals surface area contributed by atoms with Crippen molar-refractivity contribution in [1.82, 2.24) is 0 Å². The molecule has 4 heterocycles. The Morgan fingerprint density at radius 3 is 2.08 bits per heavy atom. The van der Waals surface area contributed by atoms with Crippen LogP contribution in [0, 0.1) is 0 Å². The van der Waals surface area contributed by atoms with Gasteiger partial charge < -0.3 is 37.9 Å². The molecule has 0 saturated carbocycles. The number of rotatable bonds is 3. The van der Waals surface area contributed by atoms with Crippen molar-refractivity contribution >= 4 is 0 Å². The Labute approximate surface area is 141 Å². The van der Waals surface area contributed by atoms with E-state index in [0.29, 0.717) is 26.1 Å². The van der Waals surface area contributed by atoms with Crippen LogP contribution < -0.4 is 0 Å². The summed E-state index contributed by atoms with van der Waals surface area (Å²) < 4.78 is 46.1. The molecular formula is C16H26O8. The largest absolute Gasteiger partial charge is 0.347 e. The van der Waals surface area contributed by atoms with Crippen molar-refractivity contribution in [1.29, 1.82) is 0 Å². The molecule has 8 atom stereocenters. The summed E-state index contributed by atoms with van der Waals surface area (Å²) in [6, 6.07) is 0. The Balaban J connectivity index is 1.29. The highest BCUT2D eigenvalue weighted by atomic mass is 16.9. The standard InChI is InChI=1S/C16H26O8/c1-9-16(22-12(4)19-9)10(2)20-14(24-16)6-5-13-18-8-15(23-13)7-17-11(3)21-15/h9-14H,5-8H2,1-4H3. The van der Waals surface area contributed by atoms with E-state index in [-0.39, 0.29) is 37.4 Å². The molecule has 4 fully saturated rings. The van der Waals surface area contributed by atoms with Gasteiger partial charge in [-0.1, -0.05) is 0 Å². The normalized spacial score (nSPS) is 54.5. The third kappa shape index (κ3) is 2.89. The lowest BCUT2D eigenvalue weighted by Gasteiger charge is -2.27. The molecule has 8 heteroatoms. The van der Waals surface area contributed by atoms with E-state index in [1.54, 1.807) is 0 Å². The zero-order chi connectivity index (χ0) is 16.9. The van der Waals surface area contributed by atoms with E-state index >= 15 is 0 Å². The quantitative estimate of drug-likeness (QED) is 0.761. The fourth-order valence-electron chi connectivity index (χ4n) is 3.79. The molecule has 4 saturated heterocycles. The predicted octanol–water partition coefficient (Wildman–Crippen LogP) is 1.47. The molecule has 0 radical (unpaired) electrons. The Morgan fingerprint density at radius 1 is 0.708 bits per heavy atom. The van der Waals surface area contributed by atoms with E-state index in [9.17, 15) is 0 Å². The lowest BCUT2D eigenvalue weighted by Crippen LogP contribution is -2.46. The van der Waals surface area contributed by atoms with Crippen LogP contribution in [0.15, 0.2) is 0 Å². The number of hydrogen-bond donors (Lipinski definition) is 0. The van der Waals surface area contributed by atoms with Crippen LogP contribution in [-0.2, 0) is 37.9 Å². The molecule has 0 amide bonds. The Hall–Kier alpha value is -0.320. The molecule has 0 aliphatic carbocycles. The van der Waals surface area contributed by atoms with Crippen molar-refractivity contribution in [2.75, 3.05) is 13.2 Å². The van der Waals surface area contributed by atoms with Crippen LogP contribution in [0.2, 0.25) is 0 Å². The van der Waals surface area contributed by atoms with Gasteiger partial charge in [0.1, 0.15) is 25.4 Å². The molecule has 0 bridgehead atoms. The summed E-state index contributed by atoms with van der Waals surface area (Å²) in [5, 5.41) is 0. The minimum atomic E-state index is -0.833. The van der Waals surface area contributed by atoms with E-state index in [1.807, 2.05) is 27.7 Å². The van der Waals surface area contributed by atoms with Crippen LogP contribution in [-0.4, -0.2) is 62.2 Å². The second-order valence-electron chi connectivity index (χ2n) is 6.85. The van der Waals surface area contributed by atoms with Crippen LogP contribution in [0.4, 0.5) is 0 Å². The summed E-state index contributed by atoms with van der Waals surface area (Å²) in [6.45, 7) is 8.36. The third-order valence-corrected chi connectivity index (χ3v) is 4.94. The molecule has 8 nitrogen and oxygen atoms in total. The topological polar surface area (TPSA) is 73.8 Å². The maximum Gasteiger partial charge on any atom is 0.226 e. The van der Waals surface area contributed by atoms with Crippen LogP contribution in [0.1, 0.15) is 40.5 Å². The third-order valence-electron chi connectivity index (χ3n) is 4.94. The molecule has 4 aliphatic rings. The minimum Gasteiger partial charge on any atom is -0.347 e. The SMILES string of the molecule is CC1OCC2(COC(CCC3OC(C)C4(OC(C)OC4C)O3)O2)O1. The highest BCUT2D eigenvalue weighted by molar-refractivity contribution is 4.92. The average molecular weight is 346 g/mol. The summed E-state index contributed by atoms with van der Waals surface area (Å²) >= 11 is 0. The van der Waals surface area contributed by atoms with Crippen molar-refractivity contribution in [3.8, 4) is 0 Å². The van der Waals surface area contributed by atoms with Crippen molar-refractivity contribution in [3.63, 3.8) is 0 Å². The lowest BCUT2D eigenvalue weighted by molar-refractivity contribution is -0.231. The van der Waals surface area contributed by atoms with Gasteiger partial charge in [-0.15, -0.1) is 0 Å². The van der Waals surface area contributed by atoms with E-state index in [1.165, 1.54) is 0 Å². The first-order valence-corrected chi connectivity index (χ1v) is 8.66. The van der Waals surface area contributed by atoms with Gasteiger partial charge >= 0.3 is 0 Å². The fraction of sp³-hybridized carbons (Fsp3) is 1.00. The molecule has 138 valence electrons. The van der Waals surface area contributed by atoms with E-state index < -0.39 is 11.6 Å². The van der Waals surface area contributed by atoms with Crippen molar-refractivity contribution in [2.24, 2.45) is 0 Å². The Bertz CT molecular complexity index is 475. The first-order chi connectivity index (χ1) is 11.4. The second kappa shape index (κ2) is 6.14. The maximum atomic E-state index is 6.06. The van der Waals surface area contributed by atoms with Gasteiger partial charge in [-0.2, -0.15) is 0 Å². The monoisotopic (exact) mass is 346 g/mol. The smallest absolute Gasteiger partial charge is 0.226 e. The summed E-state index contributed by atoms with van der Waals surface area (Å²) in [4.78, 5) is 0. The first kappa shape index (κ1) is 17.1. The second-order valence-corrected chi connectivity index (χ2v) is 6.85. The number of ether oxygens (including phenoxy) is 8. The highest BCUT2D eigenvalue weighted by Gasteiger charge is 2.58. The summed E-state index contributed by atoms with van der Waals surface area (Å²) in [5.74, 6) is -1.59. The van der Waals surface area contributed by atoms with Gasteiger partial charge in [0.2, 0.25) is 11.6 Å². The molecule has 24 heavy (non-hydrogen) atoms. The highest BCUT2D eigenvalue weighted by Crippen LogP contribution is 2.42. The maximum absolute atomic E-state index is 6.06. The Kier molecular flexibility index (Phi) is 4.38. The van der Waals surface area contributed by atoms with E-state index in [4.69, 9.17) is 37.9 Å². The lowest BCUT2D eigenvalue weighted by atomic mass is 10.1. The summed E-state index contributed by atoms with van der Waals surface area (Å²) in [5.41, 5.74) is 0. The minimum absolute atomic E-state index is 0.180. The van der Waals surface area contributed by atoms with E-state index in [2.05, 4.69) is 0 Å². The van der Waals surface area contributed by atoms with Gasteiger partial charge in [0.15, 0.2) is 25.2 Å². The fourth-order valence-corrected chi connectivity index (χ4v) is 3.79. The van der Waals surface area contributed by atoms with Gasteiger partial charge in [0.25, 0.3) is 0 Å². The first-order valence-electron chi connectivity index (χ1n) is 8.66. The summed E-state index contributed by atoms with van der Waals surface area (Å²) in [6.07, 6.45) is -0.405. The molecule has 8 unspecified atom stereocenters. The molecule has 4 rings (SSSR count). The molecule has 0 aromatic heterocycles. The average Bonchev–Trinajstić information content (AvgIpc) is 3.23. The van der Waals surface area contributed by atoms with Gasteiger partial charge in [-0.05, 0) is 27.7 Å². The molecular weight excluding hydrogens is 320 g/mol. The predicted molar refractivity (Wildman–Crippen MR) is 78.5 cm³/mol. The van der Waals surface area contributed by atoms with Crippen LogP contribution in [0.3, 0.4) is 0 Å². The van der Waals surface area contributed by atoms with Gasteiger partial charge in [0, 0.05) is 12.8 Å². The zero-order valence-corrected chi connectivity index (χ0v) is 14.6. The van der Waals surface area contributed by atoms with Gasteiger partial charge in [0.05, 0.1) is 0 Å². The van der Waals surface area contributed by atoms with Gasteiger partial charge in [-0.3, -0.25) is 0 Å². The van der Waals surface area contributed by atoms with Crippen molar-refractivity contribution in [3.05, 3.63) is 0 Å². The Morgan fingerprint density at radius 2 is 1.42 bits per heavy atom. The van der Waals surface area contributed by atoms with Crippen LogP contribution in [0.5, 0.6) is 0 Å². The van der Waals surface area contributed by atoms with Gasteiger partial charge in [-0.25, -0.2) is 0 Å². The van der Waals surface area contributed by atoms with Crippen LogP contribution >= 0.6 is 0 Å². The van der Waals surface area contributed by atoms with Crippen LogP contribution in [0.25, 0.3) is 0 Å². The molecule has 2 spiro atoms. The van der Waals surface area contributed by atoms with Crippen molar-refractivity contribution in [2.45, 2.75) is 89.5 Å². The van der Waals surface area contributed by atoms with E-state index in [0.717, 1.165) is 0 Å². The van der Waals surface area contributed by atoms with Crippen molar-refractivity contribution < 1.29 is 37.9 Å². The summed E-state index contributed by atoms with van der Waals surface area (Å²) in [7, 11) is 0. The molecule has 0 aromatic carbocycles. The number of hydrogen-bond acceptors (Lipinski definition) is 8.